The fourth-order valence-electron chi connectivity index (χ4n) is 2.92. The van der Waals surface area contributed by atoms with Crippen LogP contribution in [0.1, 0.15) is 50.5 Å². The van der Waals surface area contributed by atoms with E-state index in [0.29, 0.717) is 18.3 Å². The maximum atomic E-state index is 10.5. The molecule has 1 heterocycles. The number of aliphatic hydroxyl groups is 2. The summed E-state index contributed by atoms with van der Waals surface area (Å²) >= 11 is 0. The van der Waals surface area contributed by atoms with Gasteiger partial charge in [0, 0.05) is 13.6 Å². The quantitative estimate of drug-likeness (QED) is 0.314. The molecule has 1 fully saturated rings. The second-order valence-electron chi connectivity index (χ2n) is 6.75. The average molecular weight is 451 g/mol. The van der Waals surface area contributed by atoms with Gasteiger partial charge in [0.1, 0.15) is 17.1 Å². The zero-order valence-electron chi connectivity index (χ0n) is 14.8. The molecule has 1 aliphatic carbocycles. The molecule has 0 spiro atoms. The van der Waals surface area contributed by atoms with Crippen molar-refractivity contribution in [3.05, 3.63) is 23.7 Å². The maximum Gasteiger partial charge on any atom is 0.191 e. The first-order valence-electron chi connectivity index (χ1n) is 8.31. The van der Waals surface area contributed by atoms with Crippen LogP contribution in [0, 0.1) is 6.92 Å². The summed E-state index contributed by atoms with van der Waals surface area (Å²) in [5.41, 5.74) is -1.79. The van der Waals surface area contributed by atoms with Gasteiger partial charge in [-0.15, -0.1) is 24.0 Å². The van der Waals surface area contributed by atoms with E-state index >= 15 is 0 Å². The summed E-state index contributed by atoms with van der Waals surface area (Å²) in [6.07, 6.45) is 4.97. The fourth-order valence-corrected chi connectivity index (χ4v) is 2.92. The number of aryl methyl sites for hydroxylation is 1. The summed E-state index contributed by atoms with van der Waals surface area (Å²) in [4.78, 5) is 4.15. The van der Waals surface area contributed by atoms with Crippen LogP contribution in [-0.4, -0.2) is 41.9 Å². The van der Waals surface area contributed by atoms with Gasteiger partial charge in [-0.25, -0.2) is 0 Å². The van der Waals surface area contributed by atoms with E-state index in [1.165, 1.54) is 6.42 Å². The molecule has 4 N–H and O–H groups in total. The van der Waals surface area contributed by atoms with E-state index in [-0.39, 0.29) is 30.5 Å². The Labute approximate surface area is 161 Å². The van der Waals surface area contributed by atoms with Crippen LogP contribution in [-0.2, 0) is 5.60 Å². The molecule has 0 aliphatic heterocycles. The van der Waals surface area contributed by atoms with Crippen LogP contribution in [0.15, 0.2) is 21.5 Å². The Kier molecular flexibility index (Phi) is 8.01. The summed E-state index contributed by atoms with van der Waals surface area (Å²) in [5.74, 6) is 1.85. The van der Waals surface area contributed by atoms with Gasteiger partial charge in [0.15, 0.2) is 5.96 Å². The smallest absolute Gasteiger partial charge is 0.191 e. The van der Waals surface area contributed by atoms with Crippen molar-refractivity contribution < 1.29 is 14.6 Å². The molecule has 6 nitrogen and oxygen atoms in total. The highest BCUT2D eigenvalue weighted by molar-refractivity contribution is 14.0. The molecule has 24 heavy (non-hydrogen) atoms. The van der Waals surface area contributed by atoms with E-state index in [1.54, 1.807) is 20.0 Å². The van der Waals surface area contributed by atoms with Crippen LogP contribution in [0.5, 0.6) is 0 Å². The van der Waals surface area contributed by atoms with E-state index in [0.717, 1.165) is 31.4 Å². The number of furan rings is 1. The van der Waals surface area contributed by atoms with Crippen molar-refractivity contribution in [3.8, 4) is 0 Å². The highest BCUT2D eigenvalue weighted by atomic mass is 127. The molecule has 138 valence electrons. The van der Waals surface area contributed by atoms with E-state index in [4.69, 9.17) is 4.42 Å². The largest absolute Gasteiger partial charge is 0.463 e. The lowest BCUT2D eigenvalue weighted by Crippen LogP contribution is -2.50. The predicted molar refractivity (Wildman–Crippen MR) is 106 cm³/mol. The van der Waals surface area contributed by atoms with Crippen molar-refractivity contribution in [2.45, 2.75) is 57.2 Å². The summed E-state index contributed by atoms with van der Waals surface area (Å²) < 4.78 is 5.50. The van der Waals surface area contributed by atoms with Gasteiger partial charge in [0.25, 0.3) is 0 Å². The second kappa shape index (κ2) is 9.05. The van der Waals surface area contributed by atoms with Crippen LogP contribution < -0.4 is 10.6 Å². The first-order valence-corrected chi connectivity index (χ1v) is 8.31. The SMILES string of the molecule is CN=C(NCC1(O)CCCCC1)NCC(C)(O)c1ccc(C)o1.I. The lowest BCUT2D eigenvalue weighted by molar-refractivity contribution is 0.00832. The van der Waals surface area contributed by atoms with Crippen molar-refractivity contribution in [1.29, 1.82) is 0 Å². The first-order chi connectivity index (χ1) is 10.8. The molecule has 0 bridgehead atoms. The van der Waals surface area contributed by atoms with Gasteiger partial charge in [-0.05, 0) is 38.8 Å². The Morgan fingerprint density at radius 3 is 2.50 bits per heavy atom. The standard InChI is InChI=1S/C17H29N3O3.HI/c1-13-7-8-14(23-13)16(2,21)11-19-15(18-3)20-12-17(22)9-5-4-6-10-17;/h7-8,21-22H,4-6,9-12H2,1-3H3,(H2,18,19,20);1H. The molecule has 0 saturated heterocycles. The number of hydrogen-bond acceptors (Lipinski definition) is 4. The van der Waals surface area contributed by atoms with Gasteiger partial charge >= 0.3 is 0 Å². The minimum Gasteiger partial charge on any atom is -0.463 e. The molecule has 1 aromatic heterocycles. The predicted octanol–water partition coefficient (Wildman–Crippen LogP) is 2.27. The number of guanidine groups is 1. The monoisotopic (exact) mass is 451 g/mol. The third-order valence-electron chi connectivity index (χ3n) is 4.46. The number of hydrogen-bond donors (Lipinski definition) is 4. The van der Waals surface area contributed by atoms with E-state index in [2.05, 4.69) is 15.6 Å². The van der Waals surface area contributed by atoms with Crippen LogP contribution in [0.4, 0.5) is 0 Å². The van der Waals surface area contributed by atoms with E-state index in [9.17, 15) is 10.2 Å². The van der Waals surface area contributed by atoms with Crippen molar-refractivity contribution in [1.82, 2.24) is 10.6 Å². The Morgan fingerprint density at radius 2 is 1.96 bits per heavy atom. The Morgan fingerprint density at radius 1 is 1.29 bits per heavy atom. The van der Waals surface area contributed by atoms with Crippen LogP contribution in [0.3, 0.4) is 0 Å². The first kappa shape index (κ1) is 21.2. The fraction of sp³-hybridized carbons (Fsp3) is 0.706. The molecule has 2 rings (SSSR count). The topological polar surface area (TPSA) is 90.0 Å². The lowest BCUT2D eigenvalue weighted by atomic mass is 9.85. The number of halogens is 1. The average Bonchev–Trinajstić information content (AvgIpc) is 2.95. The molecule has 0 radical (unpaired) electrons. The zero-order chi connectivity index (χ0) is 16.9. The van der Waals surface area contributed by atoms with Gasteiger partial charge in [0.2, 0.25) is 0 Å². The van der Waals surface area contributed by atoms with Crippen LogP contribution >= 0.6 is 24.0 Å². The summed E-state index contributed by atoms with van der Waals surface area (Å²) in [7, 11) is 1.67. The van der Waals surface area contributed by atoms with E-state index < -0.39 is 11.2 Å². The molecule has 1 atom stereocenters. The minimum absolute atomic E-state index is 0. The second-order valence-corrected chi connectivity index (χ2v) is 6.75. The Bertz CT molecular complexity index is 537. The van der Waals surface area contributed by atoms with Crippen molar-refractivity contribution >= 4 is 29.9 Å². The maximum absolute atomic E-state index is 10.5. The van der Waals surface area contributed by atoms with Crippen molar-refractivity contribution in [2.75, 3.05) is 20.1 Å². The normalized spacial score (nSPS) is 20.0. The number of aliphatic imine (C=N–C) groups is 1. The zero-order valence-corrected chi connectivity index (χ0v) is 17.1. The third kappa shape index (κ3) is 5.93. The lowest BCUT2D eigenvalue weighted by Gasteiger charge is -2.33. The minimum atomic E-state index is -1.13. The number of rotatable bonds is 5. The van der Waals surface area contributed by atoms with Crippen molar-refractivity contribution in [3.63, 3.8) is 0 Å². The van der Waals surface area contributed by atoms with Gasteiger partial charge in [0.05, 0.1) is 12.1 Å². The van der Waals surface area contributed by atoms with Gasteiger partial charge in [-0.2, -0.15) is 0 Å². The molecule has 1 saturated carbocycles. The number of nitrogens with zero attached hydrogens (tertiary/aromatic N) is 1. The van der Waals surface area contributed by atoms with Gasteiger partial charge in [-0.3, -0.25) is 4.99 Å². The van der Waals surface area contributed by atoms with Crippen LogP contribution in [0.25, 0.3) is 0 Å². The highest BCUT2D eigenvalue weighted by Crippen LogP contribution is 2.27. The van der Waals surface area contributed by atoms with Crippen molar-refractivity contribution in [2.24, 2.45) is 4.99 Å². The Hall–Kier alpha value is -0.800. The number of nitrogens with one attached hydrogen (secondary N) is 2. The van der Waals surface area contributed by atoms with E-state index in [1.807, 2.05) is 13.0 Å². The van der Waals surface area contributed by atoms with Crippen LogP contribution in [0.2, 0.25) is 0 Å². The molecule has 1 aromatic rings. The summed E-state index contributed by atoms with van der Waals surface area (Å²) in [5, 5.41) is 27.3. The summed E-state index contributed by atoms with van der Waals surface area (Å²) in [6, 6.07) is 3.60. The Balaban J connectivity index is 0.00000288. The molecule has 0 aromatic carbocycles. The summed E-state index contributed by atoms with van der Waals surface area (Å²) in [6.45, 7) is 4.27. The van der Waals surface area contributed by atoms with Gasteiger partial charge in [-0.1, -0.05) is 19.3 Å². The molecule has 1 aliphatic rings. The van der Waals surface area contributed by atoms with Gasteiger partial charge < -0.3 is 25.3 Å². The molecular formula is C17H30IN3O3. The molecule has 0 amide bonds. The molecule has 7 heteroatoms. The molecule has 1 unspecified atom stereocenters. The molecular weight excluding hydrogens is 421 g/mol. The third-order valence-corrected chi connectivity index (χ3v) is 4.46. The highest BCUT2D eigenvalue weighted by Gasteiger charge is 2.30.